The maximum absolute atomic E-state index is 6.08. The maximum Gasteiger partial charge on any atom is 0.109 e. The number of hydrogen-bond acceptors (Lipinski definition) is 3. The Morgan fingerprint density at radius 3 is 2.81 bits per heavy atom. The van der Waals surface area contributed by atoms with Gasteiger partial charge in [0.2, 0.25) is 0 Å². The van der Waals surface area contributed by atoms with E-state index < -0.39 is 0 Å². The van der Waals surface area contributed by atoms with Crippen LogP contribution in [0.15, 0.2) is 0 Å². The molecule has 1 aliphatic carbocycles. The number of nitrogens with zero attached hydrogens (tertiary/aromatic N) is 1. The van der Waals surface area contributed by atoms with Crippen LogP contribution < -0.4 is 5.73 Å². The highest BCUT2D eigenvalue weighted by Crippen LogP contribution is 2.30. The van der Waals surface area contributed by atoms with Gasteiger partial charge in [-0.1, -0.05) is 0 Å². The minimum absolute atomic E-state index is 0.147. The standard InChI is InChI=1S/C12H19N3O/c13-9-2-1-3-10-11(9)15-12(14-10)8-4-6-16-7-5-8/h8-9H,1-7,13H2,(H,14,15). The molecule has 1 aliphatic heterocycles. The molecule has 0 aromatic carbocycles. The van der Waals surface area contributed by atoms with Crippen molar-refractivity contribution in [3.8, 4) is 0 Å². The number of aryl methyl sites for hydroxylation is 1. The Labute approximate surface area is 95.6 Å². The molecule has 0 amide bonds. The molecular formula is C12H19N3O. The van der Waals surface area contributed by atoms with Gasteiger partial charge in [0, 0.05) is 30.9 Å². The zero-order valence-electron chi connectivity index (χ0n) is 9.54. The average molecular weight is 221 g/mol. The Bertz CT molecular complexity index is 368. The van der Waals surface area contributed by atoms with Crippen molar-refractivity contribution >= 4 is 0 Å². The Balaban J connectivity index is 1.85. The number of rotatable bonds is 1. The predicted octanol–water partition coefficient (Wildman–Crippen LogP) is 1.64. The lowest BCUT2D eigenvalue weighted by Crippen LogP contribution is -2.17. The van der Waals surface area contributed by atoms with E-state index in [2.05, 4.69) is 4.98 Å². The first-order valence-electron chi connectivity index (χ1n) is 6.26. The first-order valence-corrected chi connectivity index (χ1v) is 6.26. The molecule has 3 rings (SSSR count). The van der Waals surface area contributed by atoms with Crippen molar-refractivity contribution in [2.75, 3.05) is 13.2 Å². The van der Waals surface area contributed by atoms with E-state index in [1.165, 1.54) is 12.1 Å². The average Bonchev–Trinajstić information content (AvgIpc) is 2.76. The summed E-state index contributed by atoms with van der Waals surface area (Å²) >= 11 is 0. The van der Waals surface area contributed by atoms with Crippen LogP contribution in [-0.2, 0) is 11.2 Å². The van der Waals surface area contributed by atoms with Crippen LogP contribution >= 0.6 is 0 Å². The number of hydrogen-bond donors (Lipinski definition) is 2. The Morgan fingerprint density at radius 2 is 2.06 bits per heavy atom. The summed E-state index contributed by atoms with van der Waals surface area (Å²) in [6.07, 6.45) is 5.54. The highest BCUT2D eigenvalue weighted by atomic mass is 16.5. The van der Waals surface area contributed by atoms with Crippen LogP contribution in [-0.4, -0.2) is 23.2 Å². The molecule has 1 aromatic heterocycles. The lowest BCUT2D eigenvalue weighted by atomic mass is 9.97. The van der Waals surface area contributed by atoms with Crippen molar-refractivity contribution < 1.29 is 4.74 Å². The number of nitrogens with one attached hydrogen (secondary N) is 1. The third-order valence-corrected chi connectivity index (χ3v) is 3.73. The molecule has 0 saturated carbocycles. The molecule has 4 heteroatoms. The van der Waals surface area contributed by atoms with Gasteiger partial charge in [-0.15, -0.1) is 0 Å². The summed E-state index contributed by atoms with van der Waals surface area (Å²) in [6.45, 7) is 1.73. The summed E-state index contributed by atoms with van der Waals surface area (Å²) in [7, 11) is 0. The topological polar surface area (TPSA) is 63.9 Å². The number of imidazole rings is 1. The lowest BCUT2D eigenvalue weighted by Gasteiger charge is -2.19. The van der Waals surface area contributed by atoms with Crippen LogP contribution in [0.5, 0.6) is 0 Å². The van der Waals surface area contributed by atoms with Crippen molar-refractivity contribution in [3.05, 3.63) is 17.2 Å². The molecule has 1 saturated heterocycles. The van der Waals surface area contributed by atoms with Gasteiger partial charge in [-0.25, -0.2) is 4.98 Å². The van der Waals surface area contributed by atoms with Crippen molar-refractivity contribution in [1.82, 2.24) is 9.97 Å². The van der Waals surface area contributed by atoms with Crippen LogP contribution in [0.25, 0.3) is 0 Å². The summed E-state index contributed by atoms with van der Waals surface area (Å²) in [4.78, 5) is 8.21. The molecule has 2 aliphatic rings. The monoisotopic (exact) mass is 221 g/mol. The van der Waals surface area contributed by atoms with E-state index in [1.54, 1.807) is 0 Å². The fourth-order valence-electron chi connectivity index (χ4n) is 2.74. The van der Waals surface area contributed by atoms with E-state index in [-0.39, 0.29) is 6.04 Å². The van der Waals surface area contributed by atoms with Crippen LogP contribution in [0.4, 0.5) is 0 Å². The van der Waals surface area contributed by atoms with Gasteiger partial charge in [0.15, 0.2) is 0 Å². The molecule has 3 N–H and O–H groups in total. The number of fused-ring (bicyclic) bond motifs is 1. The van der Waals surface area contributed by atoms with Gasteiger partial charge in [0.05, 0.1) is 5.69 Å². The minimum atomic E-state index is 0.147. The molecule has 0 spiro atoms. The highest BCUT2D eigenvalue weighted by Gasteiger charge is 2.25. The number of ether oxygens (including phenoxy) is 1. The van der Waals surface area contributed by atoms with Gasteiger partial charge in [-0.2, -0.15) is 0 Å². The summed E-state index contributed by atoms with van der Waals surface area (Å²) in [5.74, 6) is 1.69. The molecule has 1 fully saturated rings. The lowest BCUT2D eigenvalue weighted by molar-refractivity contribution is 0.0837. The van der Waals surface area contributed by atoms with Crippen molar-refractivity contribution in [3.63, 3.8) is 0 Å². The third kappa shape index (κ3) is 1.76. The second kappa shape index (κ2) is 4.18. The molecule has 1 aromatic rings. The quantitative estimate of drug-likeness (QED) is 0.757. The van der Waals surface area contributed by atoms with E-state index in [9.17, 15) is 0 Å². The van der Waals surface area contributed by atoms with Gasteiger partial charge in [-0.3, -0.25) is 0 Å². The molecule has 4 nitrogen and oxygen atoms in total. The number of aromatic nitrogens is 2. The minimum Gasteiger partial charge on any atom is -0.381 e. The summed E-state index contributed by atoms with van der Waals surface area (Å²) in [5, 5.41) is 0. The first-order chi connectivity index (χ1) is 7.84. The second-order valence-corrected chi connectivity index (χ2v) is 4.87. The third-order valence-electron chi connectivity index (χ3n) is 3.73. The largest absolute Gasteiger partial charge is 0.381 e. The first kappa shape index (κ1) is 10.3. The molecule has 16 heavy (non-hydrogen) atoms. The molecule has 88 valence electrons. The summed E-state index contributed by atoms with van der Waals surface area (Å²) in [6, 6.07) is 0.147. The fraction of sp³-hybridized carbons (Fsp3) is 0.750. The van der Waals surface area contributed by atoms with Crippen LogP contribution in [0.1, 0.15) is 54.9 Å². The van der Waals surface area contributed by atoms with Crippen molar-refractivity contribution in [2.45, 2.75) is 44.1 Å². The Morgan fingerprint density at radius 1 is 1.25 bits per heavy atom. The van der Waals surface area contributed by atoms with Gasteiger partial charge in [0.1, 0.15) is 5.82 Å². The molecule has 1 unspecified atom stereocenters. The van der Waals surface area contributed by atoms with Crippen molar-refractivity contribution in [1.29, 1.82) is 0 Å². The van der Waals surface area contributed by atoms with E-state index >= 15 is 0 Å². The van der Waals surface area contributed by atoms with Crippen LogP contribution in [0.3, 0.4) is 0 Å². The fourth-order valence-corrected chi connectivity index (χ4v) is 2.74. The maximum atomic E-state index is 6.08. The summed E-state index contributed by atoms with van der Waals surface area (Å²) < 4.78 is 5.38. The van der Waals surface area contributed by atoms with Gasteiger partial charge >= 0.3 is 0 Å². The molecular weight excluding hydrogens is 202 g/mol. The zero-order valence-corrected chi connectivity index (χ0v) is 9.54. The van der Waals surface area contributed by atoms with Gasteiger partial charge < -0.3 is 15.5 Å². The molecule has 0 radical (unpaired) electrons. The number of aromatic amines is 1. The smallest absolute Gasteiger partial charge is 0.109 e. The summed E-state index contributed by atoms with van der Waals surface area (Å²) in [5.41, 5.74) is 8.48. The van der Waals surface area contributed by atoms with Gasteiger partial charge in [-0.05, 0) is 32.1 Å². The van der Waals surface area contributed by atoms with E-state index in [0.29, 0.717) is 5.92 Å². The van der Waals surface area contributed by atoms with E-state index in [0.717, 1.165) is 50.4 Å². The number of H-pyrrole nitrogens is 1. The predicted molar refractivity (Wildman–Crippen MR) is 61.2 cm³/mol. The Hall–Kier alpha value is -0.870. The normalized spacial score (nSPS) is 26.7. The highest BCUT2D eigenvalue weighted by molar-refractivity contribution is 5.22. The molecule has 1 atom stereocenters. The molecule has 2 heterocycles. The zero-order chi connectivity index (χ0) is 11.0. The Kier molecular flexibility index (Phi) is 2.69. The molecule has 0 bridgehead atoms. The van der Waals surface area contributed by atoms with Gasteiger partial charge in [0.25, 0.3) is 0 Å². The SMILES string of the molecule is NC1CCCc2[nH]c(C3CCOCC3)nc21. The van der Waals surface area contributed by atoms with Crippen LogP contribution in [0, 0.1) is 0 Å². The van der Waals surface area contributed by atoms with Crippen molar-refractivity contribution in [2.24, 2.45) is 5.73 Å². The van der Waals surface area contributed by atoms with E-state index in [1.807, 2.05) is 0 Å². The van der Waals surface area contributed by atoms with E-state index in [4.69, 9.17) is 15.5 Å². The number of nitrogens with two attached hydrogens (primary N) is 1. The second-order valence-electron chi connectivity index (χ2n) is 4.87. The van der Waals surface area contributed by atoms with Crippen LogP contribution in [0.2, 0.25) is 0 Å².